The van der Waals surface area contributed by atoms with Crippen LogP contribution in [-0.4, -0.2) is 203 Å². The first-order valence-corrected chi connectivity index (χ1v) is 44.3. The van der Waals surface area contributed by atoms with Crippen molar-refractivity contribution in [2.24, 2.45) is 32.5 Å². The van der Waals surface area contributed by atoms with Gasteiger partial charge in [-0.3, -0.25) is 14.4 Å². The predicted molar refractivity (Wildman–Crippen MR) is 485 cm³/mol. The second-order valence-corrected chi connectivity index (χ2v) is 39.0. The van der Waals surface area contributed by atoms with Crippen molar-refractivity contribution in [2.45, 2.75) is 310 Å². The van der Waals surface area contributed by atoms with Gasteiger partial charge in [-0.25, -0.2) is 0 Å². The molecule has 12 unspecified atom stereocenters. The Morgan fingerprint density at radius 1 is 0.236 bits per heavy atom. The summed E-state index contributed by atoms with van der Waals surface area (Å²) < 4.78 is 0. The summed E-state index contributed by atoms with van der Waals surface area (Å²) in [7, 11) is 0. The van der Waals surface area contributed by atoms with Crippen LogP contribution in [0.5, 0.6) is 0 Å². The number of aliphatic carboxylic acids is 3. The van der Waals surface area contributed by atoms with E-state index in [2.05, 4.69) is 0 Å². The molecule has 0 spiro atoms. The molecule has 18 N–H and O–H groups in total. The zero-order valence-electron chi connectivity index (χ0n) is 74.7. The van der Waals surface area contributed by atoms with Gasteiger partial charge in [-0.1, -0.05) is 189 Å². The summed E-state index contributed by atoms with van der Waals surface area (Å²) in [5, 5.41) is 189. The zero-order chi connectivity index (χ0) is 91.1. The molecule has 21 heteroatoms. The van der Waals surface area contributed by atoms with Gasteiger partial charge < -0.3 is 91.9 Å². The highest BCUT2D eigenvalue weighted by molar-refractivity contribution is 5.89. The lowest BCUT2D eigenvalue weighted by Crippen LogP contribution is -2.25. The molecule has 0 heterocycles. The lowest BCUT2D eigenvalue weighted by Gasteiger charge is -2.30. The summed E-state index contributed by atoms with van der Waals surface area (Å²) in [6.07, 6.45) is 25.8. The van der Waals surface area contributed by atoms with Crippen LogP contribution in [0.4, 0.5) is 0 Å². The molecule has 0 fully saturated rings. The third kappa shape index (κ3) is 29.7. The Bertz CT molecular complexity index is 4260. The van der Waals surface area contributed by atoms with E-state index in [1.165, 1.54) is 0 Å². The molecule has 21 nitrogen and oxygen atoms in total. The first kappa shape index (κ1) is 102. The number of unbranched alkanes of at least 4 members (excludes halogenated alkanes) is 6. The lowest BCUT2D eigenvalue weighted by molar-refractivity contribution is -0.148. The molecular weight excluding hydrogens is 1560 g/mol. The predicted octanol–water partition coefficient (Wildman–Crippen LogP) is 15.1. The van der Waals surface area contributed by atoms with Crippen LogP contribution in [0.3, 0.4) is 0 Å². The van der Waals surface area contributed by atoms with Gasteiger partial charge in [0.25, 0.3) is 0 Å². The maximum Gasteiger partial charge on any atom is 0.309 e. The molecule has 0 aromatic heterocycles. The van der Waals surface area contributed by atoms with E-state index in [-0.39, 0.29) is 36.1 Å². The highest BCUT2D eigenvalue weighted by Crippen LogP contribution is 2.45. The van der Waals surface area contributed by atoms with Crippen LogP contribution >= 0.6 is 0 Å². The minimum absolute atomic E-state index is 0.122. The van der Waals surface area contributed by atoms with Crippen LogP contribution in [0.15, 0.2) is 179 Å². The molecule has 6 aliphatic rings. The third-order valence-corrected chi connectivity index (χ3v) is 25.2. The highest BCUT2D eigenvalue weighted by atomic mass is 16.4. The van der Waals surface area contributed by atoms with Crippen LogP contribution in [0.2, 0.25) is 0 Å². The topological polar surface area (TPSA) is 415 Å². The Morgan fingerprint density at radius 2 is 0.382 bits per heavy atom. The number of benzene rings is 3. The molecule has 678 valence electrons. The van der Waals surface area contributed by atoms with Gasteiger partial charge in [-0.2, -0.15) is 0 Å². The van der Waals surface area contributed by atoms with E-state index >= 15 is 0 Å². The van der Waals surface area contributed by atoms with E-state index in [9.17, 15) is 106 Å². The van der Waals surface area contributed by atoms with E-state index in [0.29, 0.717) is 169 Å². The Morgan fingerprint density at radius 3 is 0.520 bits per heavy atom. The summed E-state index contributed by atoms with van der Waals surface area (Å²) in [5.74, 6) is -2.53. The fraction of sp³-hybridized carbons (Fsp3) is 0.559. The van der Waals surface area contributed by atoms with E-state index in [1.807, 2.05) is 114 Å². The Labute approximate surface area is 729 Å². The van der Waals surface area contributed by atoms with Crippen molar-refractivity contribution in [3.8, 4) is 0 Å². The van der Waals surface area contributed by atoms with Crippen molar-refractivity contribution in [3.63, 3.8) is 0 Å². The molecule has 12 atom stereocenters. The third-order valence-electron chi connectivity index (χ3n) is 25.2. The van der Waals surface area contributed by atoms with Crippen molar-refractivity contribution in [3.05, 3.63) is 213 Å². The maximum atomic E-state index is 11.4. The number of aliphatic hydroxyl groups is 15. The number of carbonyl (C=O) groups is 3. The Hall–Kier alpha value is -7.65. The van der Waals surface area contributed by atoms with Gasteiger partial charge in [-0.15, -0.1) is 0 Å². The van der Waals surface area contributed by atoms with E-state index in [4.69, 9.17) is 0 Å². The van der Waals surface area contributed by atoms with Crippen molar-refractivity contribution < 1.29 is 106 Å². The standard InChI is InChI=1S/C34H46O8.C34H48O7.C34H50O6/c1-33(2,31(39)40)15-9-7-11-21-17-23(35)19-27(29(21)37)25-13-5-6-14-26(25)28-20-24(36)18-22(30(28)38)12-8-10-16-34(3,4)32(41)42;1-33(2,21-35)15-9-7-11-22-17-24(36)19-28(30(22)38)26-13-5-6-14-27(26)29-20-25(37)18-23(31(29)39)12-8-10-16-34(3,4)32(40)41;1-33(2,21-35)15-9-7-11-23-17-25(37)19-29(31(23)39)27-13-5-6-14-28(27)30-20-26(38)18-24(32(30)40)12-8-10-16-34(3,4)22-36/h5-6,13-14,17-20,23-24,29-30,35-38H,7-12,15-16H2,1-4H3,(H,39,40)(H,41,42);5-6,13-14,17-20,24-25,30-31,35-39H,7-12,15-16,21H2,1-4H3,(H,40,41);5-6,13-14,17-20,25-26,31-32,35-40H,7-12,15-16,21-22H2,1-4H3. The van der Waals surface area contributed by atoms with Gasteiger partial charge >= 0.3 is 17.9 Å². The highest BCUT2D eigenvalue weighted by Gasteiger charge is 2.37. The number of hydrogen-bond donors (Lipinski definition) is 18. The first-order chi connectivity index (χ1) is 57.8. The monoisotopic (exact) mass is 1710 g/mol. The molecule has 6 aliphatic carbocycles. The van der Waals surface area contributed by atoms with Crippen molar-refractivity contribution in [1.82, 2.24) is 0 Å². The van der Waals surface area contributed by atoms with E-state index < -0.39 is 107 Å². The molecule has 0 saturated carbocycles. The van der Waals surface area contributed by atoms with Gasteiger partial charge in [0.15, 0.2) is 0 Å². The molecule has 0 bridgehead atoms. The second kappa shape index (κ2) is 46.2. The molecule has 3 aromatic rings. The molecule has 123 heavy (non-hydrogen) atoms. The van der Waals surface area contributed by atoms with Crippen molar-refractivity contribution in [1.29, 1.82) is 0 Å². The van der Waals surface area contributed by atoms with Gasteiger partial charge in [0.05, 0.1) is 52.9 Å². The van der Waals surface area contributed by atoms with Crippen LogP contribution < -0.4 is 0 Å². The van der Waals surface area contributed by atoms with Crippen LogP contribution in [0.1, 0.15) is 271 Å². The number of hydrogen-bond acceptors (Lipinski definition) is 18. The summed E-state index contributed by atoms with van der Waals surface area (Å²) in [6, 6.07) is 22.2. The molecular formula is C102H144O21. The number of rotatable bonds is 42. The Kier molecular flexibility index (Phi) is 38.5. The molecule has 9 rings (SSSR count). The minimum atomic E-state index is -0.985. The normalized spacial score (nSPS) is 23.4. The Balaban J connectivity index is 0.000000254. The SMILES string of the molecule is CC(C)(CCCCC1=CC(O)C=C(c2ccccc2C2=CC(O)C=C(CCCCC(C)(C)C(=O)O)C2O)C1O)C(=O)O.CC(C)(CO)CCCCC1=CC(O)C=C(c2ccccc2C2=CC(O)C=C(CCCCC(C)(C)C(=O)O)C2O)C1O.CC(C)(CO)CCCCC1=CC(O)C=C(c2ccccc2C2=CC(O)C=C(CCCCC(C)(C)CO)C2O)C1O. The molecule has 0 amide bonds. The summed E-state index contributed by atoms with van der Waals surface area (Å²) in [4.78, 5) is 34.2. The molecule has 0 radical (unpaired) electrons. The summed E-state index contributed by atoms with van der Waals surface area (Å²) in [6.45, 7) is 22.8. The lowest BCUT2D eigenvalue weighted by atomic mass is 9.79. The van der Waals surface area contributed by atoms with Crippen LogP contribution in [0.25, 0.3) is 33.4 Å². The smallest absolute Gasteiger partial charge is 0.309 e. The van der Waals surface area contributed by atoms with Crippen molar-refractivity contribution in [2.75, 3.05) is 19.8 Å². The fourth-order valence-electron chi connectivity index (χ4n) is 16.7. The van der Waals surface area contributed by atoms with E-state index in [0.717, 1.165) is 85.6 Å². The zero-order valence-corrected chi connectivity index (χ0v) is 74.7. The quantitative estimate of drug-likeness (QED) is 0.0185. The molecule has 0 saturated heterocycles. The molecule has 0 aliphatic heterocycles. The first-order valence-electron chi connectivity index (χ1n) is 44.3. The van der Waals surface area contributed by atoms with Gasteiger partial charge in [0, 0.05) is 19.8 Å². The summed E-state index contributed by atoms with van der Waals surface area (Å²) in [5.41, 5.74) is 8.83. The van der Waals surface area contributed by atoms with Crippen LogP contribution in [-0.2, 0) is 14.4 Å². The average molecular weight is 1710 g/mol. The molecule has 3 aromatic carbocycles. The number of aliphatic hydroxyl groups excluding tert-OH is 15. The van der Waals surface area contributed by atoms with Crippen molar-refractivity contribution >= 4 is 51.3 Å². The van der Waals surface area contributed by atoms with Gasteiger partial charge in [-0.05, 0) is 310 Å². The maximum absolute atomic E-state index is 11.4. The number of carboxylic acids is 3. The second-order valence-electron chi connectivity index (χ2n) is 39.0. The van der Waals surface area contributed by atoms with Gasteiger partial charge in [0.1, 0.15) is 36.6 Å². The minimum Gasteiger partial charge on any atom is -0.481 e. The summed E-state index contributed by atoms with van der Waals surface area (Å²) >= 11 is 0. The van der Waals surface area contributed by atoms with Gasteiger partial charge in [0.2, 0.25) is 0 Å². The largest absolute Gasteiger partial charge is 0.481 e. The van der Waals surface area contributed by atoms with Crippen LogP contribution in [0, 0.1) is 32.5 Å². The van der Waals surface area contributed by atoms with E-state index in [1.54, 1.807) is 114 Å². The average Bonchev–Trinajstić information content (AvgIpc) is 0.783. The fourth-order valence-corrected chi connectivity index (χ4v) is 16.7. The number of carboxylic acid groups (broad SMARTS) is 3.